The van der Waals surface area contributed by atoms with Crippen LogP contribution in [-0.2, 0) is 31.2 Å². The van der Waals surface area contributed by atoms with Crippen LogP contribution in [0.4, 0.5) is 0 Å². The molecule has 1 unspecified atom stereocenters. The number of aliphatic carboxylic acids is 3. The van der Waals surface area contributed by atoms with Crippen molar-refractivity contribution in [1.29, 1.82) is 0 Å². The molecule has 1 atom stereocenters. The average molecular weight is 257 g/mol. The largest absolute Gasteiger partial charge is 1.00 e. The molecule has 7 nitrogen and oxygen atoms in total. The maximum absolute atomic E-state index is 10.3. The Balaban J connectivity index is -0.000000720. The normalized spacial score (nSPS) is 12.6. The smallest absolute Gasteiger partial charge is 0.550 e. The van der Waals surface area contributed by atoms with E-state index in [4.69, 9.17) is 15.3 Å². The fraction of sp³-hybridized carbons (Fsp3) is 0.500. The molecule has 0 aliphatic heterocycles. The van der Waals surface area contributed by atoms with E-state index in [2.05, 4.69) is 0 Å². The number of aliphatic hydroxyl groups is 1. The molecule has 9 heteroatoms. The second-order valence-corrected chi connectivity index (χ2v) is 2.46. The number of hydrogen-bond acceptors (Lipinski definition) is 5. The van der Waals surface area contributed by atoms with Gasteiger partial charge in [0.1, 0.15) is 0 Å². The molecule has 3 N–H and O–H groups in total. The Morgan fingerprint density at radius 3 is 1.73 bits per heavy atom. The first kappa shape index (κ1) is 20.0. The van der Waals surface area contributed by atoms with Gasteiger partial charge in [0.2, 0.25) is 0 Å². The summed E-state index contributed by atoms with van der Waals surface area (Å²) in [4.78, 5) is 30.3. The molecule has 0 aliphatic rings. The monoisotopic (exact) mass is 257 g/mol. The summed E-state index contributed by atoms with van der Waals surface area (Å²) >= 11 is 0. The Morgan fingerprint density at radius 2 is 1.53 bits per heavy atom. The molecule has 0 bridgehead atoms. The number of carboxylic acid groups (broad SMARTS) is 3. The molecule has 0 aromatic carbocycles. The van der Waals surface area contributed by atoms with Gasteiger partial charge < -0.3 is 25.2 Å². The van der Waals surface area contributed by atoms with E-state index in [0.29, 0.717) is 0 Å². The molecule has 0 aromatic heterocycles. The van der Waals surface area contributed by atoms with Gasteiger partial charge in [0, 0.05) is 29.2 Å². The van der Waals surface area contributed by atoms with Crippen LogP contribution in [0.15, 0.2) is 0 Å². The van der Waals surface area contributed by atoms with E-state index in [9.17, 15) is 19.5 Å². The summed E-state index contributed by atoms with van der Waals surface area (Å²) in [6.45, 7) is 0. The average Bonchev–Trinajstić information content (AvgIpc) is 1.82. The van der Waals surface area contributed by atoms with Crippen molar-refractivity contribution in [2.45, 2.75) is 18.4 Å². The van der Waals surface area contributed by atoms with Gasteiger partial charge in [-0.2, -0.15) is 0 Å². The van der Waals surface area contributed by atoms with Crippen LogP contribution in [0.3, 0.4) is 0 Å². The van der Waals surface area contributed by atoms with E-state index in [0.717, 1.165) is 0 Å². The third-order valence-electron chi connectivity index (χ3n) is 1.28. The third-order valence-corrected chi connectivity index (χ3v) is 1.28. The van der Waals surface area contributed by atoms with Crippen LogP contribution in [0.2, 0.25) is 0 Å². The first-order valence-electron chi connectivity index (χ1n) is 3.15. The van der Waals surface area contributed by atoms with E-state index in [1.807, 2.05) is 0 Å². The molecule has 0 amide bonds. The fourth-order valence-corrected chi connectivity index (χ4v) is 0.703. The molecule has 0 heterocycles. The maximum atomic E-state index is 10.3. The van der Waals surface area contributed by atoms with Crippen molar-refractivity contribution in [3.63, 3.8) is 0 Å². The summed E-state index contributed by atoms with van der Waals surface area (Å²) in [5, 5.41) is 35.5. The molecule has 83 valence electrons. The van der Waals surface area contributed by atoms with Gasteiger partial charge in [-0.05, 0) is 0 Å². The quantitative estimate of drug-likeness (QED) is 0.418. The second kappa shape index (κ2) is 7.73. The van der Waals surface area contributed by atoms with Gasteiger partial charge in [-0.1, -0.05) is 0 Å². The van der Waals surface area contributed by atoms with Crippen LogP contribution in [0.1, 0.15) is 12.8 Å². The Labute approximate surface area is 107 Å². The maximum Gasteiger partial charge on any atom is 1.00 e. The Morgan fingerprint density at radius 1 is 1.13 bits per heavy atom. The molecule has 0 saturated carbocycles. The minimum Gasteiger partial charge on any atom is -0.550 e. The number of carbonyl (C=O) groups excluding carboxylic acids is 1. The van der Waals surface area contributed by atoms with Gasteiger partial charge >= 0.3 is 30.8 Å². The second-order valence-electron chi connectivity index (χ2n) is 2.46. The van der Waals surface area contributed by atoms with Gasteiger partial charge in [-0.15, -0.1) is 0 Å². The molecule has 1 radical (unpaired) electrons. The number of carbonyl (C=O) groups is 3. The Bertz CT molecular complexity index is 238. The van der Waals surface area contributed by atoms with Gasteiger partial charge in [0.05, 0.1) is 6.42 Å². The minimum absolute atomic E-state index is 0. The number of rotatable bonds is 5. The van der Waals surface area contributed by atoms with Crippen LogP contribution in [0.25, 0.3) is 0 Å². The van der Waals surface area contributed by atoms with Crippen LogP contribution in [0.5, 0.6) is 0 Å². The molecule has 0 aromatic rings. The summed E-state index contributed by atoms with van der Waals surface area (Å²) in [5.41, 5.74) is -2.80. The molecular formula is C6H7CoLiO7. The molecule has 0 aliphatic carbocycles. The van der Waals surface area contributed by atoms with E-state index in [1.165, 1.54) is 0 Å². The molecular weight excluding hydrogens is 250 g/mol. The first-order valence-corrected chi connectivity index (χ1v) is 3.15. The number of hydrogen-bond donors (Lipinski definition) is 3. The summed E-state index contributed by atoms with van der Waals surface area (Å²) < 4.78 is 0. The zero-order valence-electron chi connectivity index (χ0n) is 7.72. The van der Waals surface area contributed by atoms with E-state index < -0.39 is 36.4 Å². The summed E-state index contributed by atoms with van der Waals surface area (Å²) in [6.07, 6.45) is -2.44. The van der Waals surface area contributed by atoms with Crippen LogP contribution in [0, 0.1) is 0 Å². The predicted molar refractivity (Wildman–Crippen MR) is 34.5 cm³/mol. The van der Waals surface area contributed by atoms with Crippen molar-refractivity contribution in [3.8, 4) is 0 Å². The van der Waals surface area contributed by atoms with Crippen molar-refractivity contribution in [2.75, 3.05) is 0 Å². The van der Waals surface area contributed by atoms with E-state index >= 15 is 0 Å². The van der Waals surface area contributed by atoms with Crippen LogP contribution < -0.4 is 24.0 Å². The van der Waals surface area contributed by atoms with Crippen molar-refractivity contribution >= 4 is 17.9 Å². The Hall–Kier alpha value is -0.526. The van der Waals surface area contributed by atoms with E-state index in [-0.39, 0.29) is 35.6 Å². The molecule has 0 rings (SSSR count). The van der Waals surface area contributed by atoms with Gasteiger partial charge in [0.15, 0.2) is 5.60 Å². The minimum atomic E-state index is -2.80. The fourth-order valence-electron chi connectivity index (χ4n) is 0.703. The molecule has 0 saturated heterocycles. The SMILES string of the molecule is O=C([O-])CC(O)(CC(=O)O)C(=O)O.[Co].[Li+]. The summed E-state index contributed by atoms with van der Waals surface area (Å²) in [6, 6.07) is 0. The topological polar surface area (TPSA) is 135 Å². The van der Waals surface area contributed by atoms with Crippen molar-refractivity contribution < 1.29 is 70.4 Å². The van der Waals surface area contributed by atoms with Gasteiger partial charge in [-0.3, -0.25) is 4.79 Å². The van der Waals surface area contributed by atoms with Crippen molar-refractivity contribution in [2.24, 2.45) is 0 Å². The standard InChI is InChI=1S/C6H8O7.Co.Li/c7-3(8)1-6(13,5(11)12)2-4(9)10;;/h13H,1-2H2,(H,7,8)(H,9,10)(H,11,12);;/q;;+1/p-1. The van der Waals surface area contributed by atoms with E-state index in [1.54, 1.807) is 0 Å². The third kappa shape index (κ3) is 7.41. The summed E-state index contributed by atoms with van der Waals surface area (Å²) in [7, 11) is 0. The van der Waals surface area contributed by atoms with Crippen molar-refractivity contribution in [3.05, 3.63) is 0 Å². The molecule has 0 spiro atoms. The van der Waals surface area contributed by atoms with Crippen LogP contribution in [-0.4, -0.2) is 38.8 Å². The van der Waals surface area contributed by atoms with Gasteiger partial charge in [-0.25, -0.2) is 4.79 Å². The van der Waals surface area contributed by atoms with Crippen LogP contribution >= 0.6 is 0 Å². The number of carboxylic acids is 3. The first-order chi connectivity index (χ1) is 5.78. The zero-order chi connectivity index (χ0) is 10.6. The Kier molecular flexibility index (Phi) is 10.3. The van der Waals surface area contributed by atoms with Gasteiger partial charge in [0.25, 0.3) is 0 Å². The zero-order valence-corrected chi connectivity index (χ0v) is 8.76. The molecule has 0 fully saturated rings. The summed E-state index contributed by atoms with van der Waals surface area (Å²) in [5.74, 6) is -5.34. The van der Waals surface area contributed by atoms with Crippen molar-refractivity contribution in [1.82, 2.24) is 0 Å². The predicted octanol–water partition coefficient (Wildman–Crippen LogP) is -5.58. The molecule has 15 heavy (non-hydrogen) atoms.